The van der Waals surface area contributed by atoms with Crippen LogP contribution in [0.4, 0.5) is 10.1 Å². The summed E-state index contributed by atoms with van der Waals surface area (Å²) < 4.78 is 14.0. The van der Waals surface area contributed by atoms with Gasteiger partial charge in [0.25, 0.3) is 5.91 Å². The molecule has 0 atom stereocenters. The van der Waals surface area contributed by atoms with Crippen molar-refractivity contribution < 1.29 is 9.18 Å². The van der Waals surface area contributed by atoms with E-state index in [2.05, 4.69) is 5.32 Å². The zero-order valence-electron chi connectivity index (χ0n) is 14.7. The Labute approximate surface area is 156 Å². The van der Waals surface area contributed by atoms with Gasteiger partial charge in [0.2, 0.25) is 0 Å². The Bertz CT molecular complexity index is 1140. The number of para-hydroxylation sites is 1. The van der Waals surface area contributed by atoms with Gasteiger partial charge in [0.15, 0.2) is 0 Å². The summed E-state index contributed by atoms with van der Waals surface area (Å²) in [6.07, 6.45) is 0. The van der Waals surface area contributed by atoms with E-state index in [9.17, 15) is 9.18 Å². The van der Waals surface area contributed by atoms with Crippen LogP contribution in [0.1, 0.15) is 15.9 Å². The van der Waals surface area contributed by atoms with Crippen LogP contribution in [0, 0.1) is 12.7 Å². The van der Waals surface area contributed by atoms with Gasteiger partial charge in [0.05, 0.1) is 22.5 Å². The number of benzene rings is 3. The van der Waals surface area contributed by atoms with Crippen LogP contribution in [0.25, 0.3) is 22.2 Å². The van der Waals surface area contributed by atoms with Crippen molar-refractivity contribution in [2.24, 2.45) is 0 Å². The summed E-state index contributed by atoms with van der Waals surface area (Å²) in [6, 6.07) is 23.3. The number of anilines is 1. The zero-order chi connectivity index (χ0) is 18.8. The minimum atomic E-state index is -0.469. The van der Waals surface area contributed by atoms with Crippen molar-refractivity contribution in [1.29, 1.82) is 0 Å². The third-order valence-corrected chi connectivity index (χ3v) is 4.40. The van der Waals surface area contributed by atoms with E-state index in [1.54, 1.807) is 24.3 Å². The number of nitrogens with zero attached hydrogens (tertiary/aromatic N) is 1. The molecular formula is C23H17FN2O. The summed E-state index contributed by atoms with van der Waals surface area (Å²) in [4.78, 5) is 17.7. The van der Waals surface area contributed by atoms with Gasteiger partial charge in [-0.1, -0.05) is 54.1 Å². The number of amides is 1. The molecule has 1 N–H and O–H groups in total. The van der Waals surface area contributed by atoms with Gasteiger partial charge < -0.3 is 5.32 Å². The Kier molecular flexibility index (Phi) is 4.38. The number of rotatable bonds is 3. The van der Waals surface area contributed by atoms with Crippen molar-refractivity contribution in [2.45, 2.75) is 6.92 Å². The molecule has 0 spiro atoms. The smallest absolute Gasteiger partial charge is 0.256 e. The highest BCUT2D eigenvalue weighted by Crippen LogP contribution is 2.26. The van der Waals surface area contributed by atoms with Crippen LogP contribution in [0.2, 0.25) is 0 Å². The number of carbonyl (C=O) groups excluding carboxylic acids is 1. The second-order valence-corrected chi connectivity index (χ2v) is 6.38. The average Bonchev–Trinajstić information content (AvgIpc) is 2.69. The first kappa shape index (κ1) is 16.9. The summed E-state index contributed by atoms with van der Waals surface area (Å²) >= 11 is 0. The fourth-order valence-corrected chi connectivity index (χ4v) is 3.04. The van der Waals surface area contributed by atoms with Gasteiger partial charge >= 0.3 is 0 Å². The standard InChI is InChI=1S/C23H17FN2O/c1-15-11-12-20-17(13-15)18(14-22(25-20)16-7-3-2-4-8-16)23(27)26-21-10-6-5-9-19(21)24/h2-14H,1H3,(H,26,27). The molecule has 0 unspecified atom stereocenters. The molecule has 3 aromatic carbocycles. The van der Waals surface area contributed by atoms with Crippen molar-refractivity contribution in [3.63, 3.8) is 0 Å². The van der Waals surface area contributed by atoms with Gasteiger partial charge in [-0.05, 0) is 37.3 Å². The summed E-state index contributed by atoms with van der Waals surface area (Å²) in [5, 5.41) is 3.41. The summed E-state index contributed by atoms with van der Waals surface area (Å²) in [5.74, 6) is -0.834. The highest BCUT2D eigenvalue weighted by atomic mass is 19.1. The largest absolute Gasteiger partial charge is 0.319 e. The first-order chi connectivity index (χ1) is 13.1. The lowest BCUT2D eigenvalue weighted by Gasteiger charge is -2.12. The molecule has 27 heavy (non-hydrogen) atoms. The van der Waals surface area contributed by atoms with Crippen LogP contribution >= 0.6 is 0 Å². The quantitative estimate of drug-likeness (QED) is 0.519. The molecular weight excluding hydrogens is 339 g/mol. The van der Waals surface area contributed by atoms with E-state index < -0.39 is 5.82 Å². The van der Waals surface area contributed by atoms with Gasteiger partial charge in [-0.2, -0.15) is 0 Å². The lowest BCUT2D eigenvalue weighted by Crippen LogP contribution is -2.14. The molecule has 0 aliphatic heterocycles. The van der Waals surface area contributed by atoms with Crippen LogP contribution in [-0.4, -0.2) is 10.9 Å². The maximum atomic E-state index is 14.0. The molecule has 0 aliphatic rings. The molecule has 0 fully saturated rings. The second-order valence-electron chi connectivity index (χ2n) is 6.38. The molecule has 1 aromatic heterocycles. The zero-order valence-corrected chi connectivity index (χ0v) is 14.7. The fraction of sp³-hybridized carbons (Fsp3) is 0.0435. The predicted octanol–water partition coefficient (Wildman–Crippen LogP) is 5.60. The molecule has 132 valence electrons. The SMILES string of the molecule is Cc1ccc2nc(-c3ccccc3)cc(C(=O)Nc3ccccc3F)c2c1. The monoisotopic (exact) mass is 356 g/mol. The number of nitrogens with one attached hydrogen (secondary N) is 1. The van der Waals surface area contributed by atoms with E-state index in [4.69, 9.17) is 4.98 Å². The third-order valence-electron chi connectivity index (χ3n) is 4.40. The Morgan fingerprint density at radius 1 is 0.926 bits per heavy atom. The summed E-state index contributed by atoms with van der Waals surface area (Å²) in [6.45, 7) is 1.96. The predicted molar refractivity (Wildman–Crippen MR) is 106 cm³/mol. The molecule has 3 nitrogen and oxygen atoms in total. The minimum absolute atomic E-state index is 0.154. The molecule has 4 heteroatoms. The first-order valence-corrected chi connectivity index (χ1v) is 8.64. The highest BCUT2D eigenvalue weighted by Gasteiger charge is 2.15. The summed E-state index contributed by atoms with van der Waals surface area (Å²) in [7, 11) is 0. The van der Waals surface area contributed by atoms with E-state index in [0.29, 0.717) is 11.3 Å². The van der Waals surface area contributed by atoms with Crippen LogP contribution in [-0.2, 0) is 0 Å². The molecule has 1 amide bonds. The third kappa shape index (κ3) is 3.42. The normalized spacial score (nSPS) is 10.7. The second kappa shape index (κ2) is 7.00. The van der Waals surface area contributed by atoms with Crippen molar-refractivity contribution >= 4 is 22.5 Å². The number of carbonyl (C=O) groups is 1. The number of aromatic nitrogens is 1. The minimum Gasteiger partial charge on any atom is -0.319 e. The number of hydrogen-bond donors (Lipinski definition) is 1. The Morgan fingerprint density at radius 2 is 1.67 bits per heavy atom. The number of fused-ring (bicyclic) bond motifs is 1. The van der Waals surface area contributed by atoms with Gasteiger partial charge in [0, 0.05) is 10.9 Å². The maximum absolute atomic E-state index is 14.0. The van der Waals surface area contributed by atoms with E-state index in [-0.39, 0.29) is 11.6 Å². The van der Waals surface area contributed by atoms with Crippen molar-refractivity contribution in [3.05, 3.63) is 95.8 Å². The van der Waals surface area contributed by atoms with Gasteiger partial charge in [-0.15, -0.1) is 0 Å². The highest BCUT2D eigenvalue weighted by molar-refractivity contribution is 6.13. The van der Waals surface area contributed by atoms with Gasteiger partial charge in [-0.25, -0.2) is 9.37 Å². The van der Waals surface area contributed by atoms with Crippen molar-refractivity contribution in [3.8, 4) is 11.3 Å². The van der Waals surface area contributed by atoms with Crippen LogP contribution in [0.15, 0.2) is 78.9 Å². The van der Waals surface area contributed by atoms with Crippen molar-refractivity contribution in [2.75, 3.05) is 5.32 Å². The number of halogens is 1. The maximum Gasteiger partial charge on any atom is 0.256 e. The van der Waals surface area contributed by atoms with Crippen LogP contribution in [0.5, 0.6) is 0 Å². The van der Waals surface area contributed by atoms with Crippen LogP contribution < -0.4 is 5.32 Å². The lowest BCUT2D eigenvalue weighted by molar-refractivity contribution is 0.102. The van der Waals surface area contributed by atoms with E-state index in [0.717, 1.165) is 22.0 Å². The number of hydrogen-bond acceptors (Lipinski definition) is 2. The molecule has 0 aliphatic carbocycles. The average molecular weight is 356 g/mol. The molecule has 0 bridgehead atoms. The Hall–Kier alpha value is -3.53. The number of pyridine rings is 1. The Morgan fingerprint density at radius 3 is 2.44 bits per heavy atom. The molecule has 1 heterocycles. The summed E-state index contributed by atoms with van der Waals surface area (Å²) in [5.41, 5.74) is 3.98. The number of aryl methyl sites for hydroxylation is 1. The van der Waals surface area contributed by atoms with E-state index in [1.165, 1.54) is 6.07 Å². The van der Waals surface area contributed by atoms with Crippen LogP contribution in [0.3, 0.4) is 0 Å². The topological polar surface area (TPSA) is 42.0 Å². The Balaban J connectivity index is 1.85. The van der Waals surface area contributed by atoms with Crippen molar-refractivity contribution in [1.82, 2.24) is 4.98 Å². The molecule has 4 rings (SSSR count). The first-order valence-electron chi connectivity index (χ1n) is 8.64. The molecule has 0 saturated carbocycles. The molecule has 0 saturated heterocycles. The van der Waals surface area contributed by atoms with E-state index in [1.807, 2.05) is 55.5 Å². The fourth-order valence-electron chi connectivity index (χ4n) is 3.04. The molecule has 4 aromatic rings. The lowest BCUT2D eigenvalue weighted by atomic mass is 10.0. The van der Waals surface area contributed by atoms with E-state index >= 15 is 0 Å². The van der Waals surface area contributed by atoms with Gasteiger partial charge in [0.1, 0.15) is 5.82 Å². The molecule has 0 radical (unpaired) electrons. The van der Waals surface area contributed by atoms with Gasteiger partial charge in [-0.3, -0.25) is 4.79 Å².